The molecule has 0 heterocycles. The number of allylic oxidation sites excluding steroid dienone is 2. The second kappa shape index (κ2) is 5.73. The number of fused-ring (bicyclic) bond motifs is 1. The maximum Gasteiger partial charge on any atom is 0.142 e. The van der Waals surface area contributed by atoms with E-state index in [4.69, 9.17) is 0 Å². The van der Waals surface area contributed by atoms with Gasteiger partial charge in [0, 0.05) is 0 Å². The Bertz CT molecular complexity index is 637. The molecule has 2 aromatic carbocycles. The topological polar surface area (TPSA) is 34.1 Å². The lowest BCUT2D eigenvalue weighted by Crippen LogP contribution is -1.84. The van der Waals surface area contributed by atoms with Crippen molar-refractivity contribution in [2.24, 2.45) is 0 Å². The molecule has 0 saturated carbocycles. The molecule has 0 amide bonds. The molecule has 0 N–H and O–H groups in total. The third-order valence-corrected chi connectivity index (χ3v) is 2.70. The minimum Gasteiger partial charge on any atom is -0.299 e. The van der Waals surface area contributed by atoms with Gasteiger partial charge in [-0.05, 0) is 34.1 Å². The molecular weight excluding hydrogens is 224 g/mol. The molecule has 0 atom stereocenters. The number of hydrogen-bond donors (Lipinski definition) is 0. The smallest absolute Gasteiger partial charge is 0.142 e. The monoisotopic (exact) mass is 236 g/mol. The SMILES string of the molecule is O=C/C=C/c1ccc2ccccc2c1/C=C/C=O. The summed E-state index contributed by atoms with van der Waals surface area (Å²) < 4.78 is 0. The van der Waals surface area contributed by atoms with E-state index < -0.39 is 0 Å². The Labute approximate surface area is 105 Å². The average Bonchev–Trinajstić information content (AvgIpc) is 2.43. The van der Waals surface area contributed by atoms with Gasteiger partial charge in [0.25, 0.3) is 0 Å². The molecule has 0 aliphatic carbocycles. The van der Waals surface area contributed by atoms with Gasteiger partial charge in [0.05, 0.1) is 0 Å². The number of aldehydes is 2. The summed E-state index contributed by atoms with van der Waals surface area (Å²) in [7, 11) is 0. The first-order chi connectivity index (χ1) is 8.86. The summed E-state index contributed by atoms with van der Waals surface area (Å²) in [5.41, 5.74) is 1.86. The van der Waals surface area contributed by atoms with Crippen molar-refractivity contribution >= 4 is 35.5 Å². The van der Waals surface area contributed by atoms with Crippen molar-refractivity contribution in [3.63, 3.8) is 0 Å². The zero-order chi connectivity index (χ0) is 12.8. The minimum absolute atomic E-state index is 0.739. The average molecular weight is 236 g/mol. The summed E-state index contributed by atoms with van der Waals surface area (Å²) in [6.45, 7) is 0. The molecule has 0 radical (unpaired) electrons. The summed E-state index contributed by atoms with van der Waals surface area (Å²) in [6.07, 6.45) is 7.89. The van der Waals surface area contributed by atoms with Crippen molar-refractivity contribution in [3.05, 3.63) is 59.7 Å². The Hall–Kier alpha value is -2.48. The first-order valence-corrected chi connectivity index (χ1v) is 5.62. The Kier molecular flexibility index (Phi) is 3.82. The van der Waals surface area contributed by atoms with Crippen molar-refractivity contribution in [1.82, 2.24) is 0 Å². The van der Waals surface area contributed by atoms with Gasteiger partial charge >= 0.3 is 0 Å². The van der Waals surface area contributed by atoms with Crippen LogP contribution in [0.3, 0.4) is 0 Å². The van der Waals surface area contributed by atoms with E-state index in [0.29, 0.717) is 0 Å². The lowest BCUT2D eigenvalue weighted by Gasteiger charge is -2.06. The summed E-state index contributed by atoms with van der Waals surface area (Å²) in [5.74, 6) is 0. The first-order valence-electron chi connectivity index (χ1n) is 5.62. The van der Waals surface area contributed by atoms with E-state index in [1.165, 1.54) is 12.2 Å². The highest BCUT2D eigenvalue weighted by molar-refractivity contribution is 5.96. The highest BCUT2D eigenvalue weighted by atomic mass is 16.1. The summed E-state index contributed by atoms with van der Waals surface area (Å²) in [5, 5.41) is 2.16. The molecule has 0 aliphatic heterocycles. The van der Waals surface area contributed by atoms with Crippen molar-refractivity contribution in [3.8, 4) is 0 Å². The van der Waals surface area contributed by atoms with Gasteiger partial charge in [0.15, 0.2) is 0 Å². The number of carbonyl (C=O) groups excluding carboxylic acids is 2. The maximum atomic E-state index is 10.5. The molecule has 0 fully saturated rings. The second-order valence-corrected chi connectivity index (χ2v) is 3.78. The molecule has 2 rings (SSSR count). The molecule has 18 heavy (non-hydrogen) atoms. The van der Waals surface area contributed by atoms with Crippen LogP contribution in [0, 0.1) is 0 Å². The fourth-order valence-corrected chi connectivity index (χ4v) is 1.92. The molecular formula is C16H12O2. The predicted octanol–water partition coefficient (Wildman–Crippen LogP) is 3.26. The Morgan fingerprint density at radius 2 is 1.50 bits per heavy atom. The highest BCUT2D eigenvalue weighted by Crippen LogP contribution is 2.24. The third-order valence-electron chi connectivity index (χ3n) is 2.70. The van der Waals surface area contributed by atoms with Gasteiger partial charge in [0.1, 0.15) is 12.6 Å². The van der Waals surface area contributed by atoms with Gasteiger partial charge in [-0.25, -0.2) is 0 Å². The Balaban J connectivity index is 2.69. The molecule has 2 aromatic rings. The van der Waals surface area contributed by atoms with E-state index in [-0.39, 0.29) is 0 Å². The molecule has 0 spiro atoms. The molecule has 0 unspecified atom stereocenters. The van der Waals surface area contributed by atoms with Crippen LogP contribution in [0.15, 0.2) is 48.6 Å². The van der Waals surface area contributed by atoms with Crippen molar-refractivity contribution in [2.45, 2.75) is 0 Å². The molecule has 0 bridgehead atoms. The number of carbonyl (C=O) groups is 2. The molecule has 88 valence electrons. The lowest BCUT2D eigenvalue weighted by atomic mass is 9.98. The molecule has 2 nitrogen and oxygen atoms in total. The summed E-state index contributed by atoms with van der Waals surface area (Å²) in [6, 6.07) is 11.9. The zero-order valence-corrected chi connectivity index (χ0v) is 9.74. The maximum absolute atomic E-state index is 10.5. The largest absolute Gasteiger partial charge is 0.299 e. The van der Waals surface area contributed by atoms with Crippen molar-refractivity contribution < 1.29 is 9.59 Å². The van der Waals surface area contributed by atoms with E-state index in [9.17, 15) is 9.59 Å². The van der Waals surface area contributed by atoms with Crippen LogP contribution in [-0.2, 0) is 9.59 Å². The van der Waals surface area contributed by atoms with E-state index in [1.807, 2.05) is 36.4 Å². The van der Waals surface area contributed by atoms with Gasteiger partial charge in [-0.3, -0.25) is 9.59 Å². The first kappa shape index (κ1) is 12.0. The van der Waals surface area contributed by atoms with Crippen LogP contribution in [0.4, 0.5) is 0 Å². The van der Waals surface area contributed by atoms with Gasteiger partial charge in [0.2, 0.25) is 0 Å². The molecule has 2 heteroatoms. The summed E-state index contributed by atoms with van der Waals surface area (Å²) >= 11 is 0. The number of rotatable bonds is 4. The fourth-order valence-electron chi connectivity index (χ4n) is 1.92. The van der Waals surface area contributed by atoms with Crippen LogP contribution < -0.4 is 0 Å². The summed E-state index contributed by atoms with van der Waals surface area (Å²) in [4.78, 5) is 20.9. The molecule has 0 aliphatic rings. The minimum atomic E-state index is 0.739. The van der Waals surface area contributed by atoms with Crippen LogP contribution in [0.2, 0.25) is 0 Å². The van der Waals surface area contributed by atoms with Crippen molar-refractivity contribution in [1.29, 1.82) is 0 Å². The lowest BCUT2D eigenvalue weighted by molar-refractivity contribution is -0.104. The van der Waals surface area contributed by atoms with E-state index in [0.717, 1.165) is 34.5 Å². The van der Waals surface area contributed by atoms with Crippen LogP contribution in [0.1, 0.15) is 11.1 Å². The van der Waals surface area contributed by atoms with Crippen molar-refractivity contribution in [2.75, 3.05) is 0 Å². The zero-order valence-electron chi connectivity index (χ0n) is 9.74. The standard InChI is InChI=1S/C16H12O2/c17-11-3-6-14-10-9-13-5-1-2-7-15(13)16(14)8-4-12-18/h1-12H/b6-3+,8-4+. The number of benzene rings is 2. The van der Waals surface area contributed by atoms with E-state index in [2.05, 4.69) is 0 Å². The third kappa shape index (κ3) is 2.43. The molecule has 0 aromatic heterocycles. The van der Waals surface area contributed by atoms with Crippen LogP contribution in [-0.4, -0.2) is 12.6 Å². The van der Waals surface area contributed by atoms with Gasteiger partial charge < -0.3 is 0 Å². The predicted molar refractivity (Wildman–Crippen MR) is 74.1 cm³/mol. The molecule has 0 saturated heterocycles. The highest BCUT2D eigenvalue weighted by Gasteiger charge is 2.02. The number of hydrogen-bond acceptors (Lipinski definition) is 2. The van der Waals surface area contributed by atoms with Crippen LogP contribution in [0.5, 0.6) is 0 Å². The van der Waals surface area contributed by atoms with Gasteiger partial charge in [-0.1, -0.05) is 48.6 Å². The second-order valence-electron chi connectivity index (χ2n) is 3.78. The van der Waals surface area contributed by atoms with Gasteiger partial charge in [-0.2, -0.15) is 0 Å². The Morgan fingerprint density at radius 1 is 0.778 bits per heavy atom. The Morgan fingerprint density at radius 3 is 2.28 bits per heavy atom. The quantitative estimate of drug-likeness (QED) is 0.603. The van der Waals surface area contributed by atoms with Crippen LogP contribution in [0.25, 0.3) is 22.9 Å². The fraction of sp³-hybridized carbons (Fsp3) is 0. The normalized spacial score (nSPS) is 11.3. The van der Waals surface area contributed by atoms with Gasteiger partial charge in [-0.15, -0.1) is 0 Å². The van der Waals surface area contributed by atoms with E-state index >= 15 is 0 Å². The van der Waals surface area contributed by atoms with E-state index in [1.54, 1.807) is 12.2 Å². The van der Waals surface area contributed by atoms with Crippen LogP contribution >= 0.6 is 0 Å².